The second-order valence-electron chi connectivity index (χ2n) is 5.91. The molecule has 1 N–H and O–H groups in total. The van der Waals surface area contributed by atoms with Crippen LogP contribution in [0.1, 0.15) is 37.1 Å². The molecule has 0 unspecified atom stereocenters. The molecule has 7 nitrogen and oxygen atoms in total. The van der Waals surface area contributed by atoms with Gasteiger partial charge in [-0.2, -0.15) is 0 Å². The Morgan fingerprint density at radius 3 is 2.96 bits per heavy atom. The van der Waals surface area contributed by atoms with Crippen LogP contribution in [0.15, 0.2) is 37.1 Å². The Labute approximate surface area is 140 Å². The van der Waals surface area contributed by atoms with Gasteiger partial charge in [0.1, 0.15) is 6.04 Å². The van der Waals surface area contributed by atoms with E-state index in [0.717, 1.165) is 17.7 Å². The lowest BCUT2D eigenvalue weighted by atomic mass is 10.1. The van der Waals surface area contributed by atoms with E-state index < -0.39 is 6.04 Å². The van der Waals surface area contributed by atoms with Crippen molar-refractivity contribution >= 4 is 11.8 Å². The first-order valence-electron chi connectivity index (χ1n) is 8.14. The number of hydrogen-bond acceptors (Lipinski definition) is 4. The number of carbonyl (C=O) groups is 2. The highest BCUT2D eigenvalue weighted by Crippen LogP contribution is 2.22. The molecule has 0 spiro atoms. The highest BCUT2D eigenvalue weighted by molar-refractivity contribution is 5.82. The minimum absolute atomic E-state index is 0.0787. The number of hydrogen-bond donors (Lipinski definition) is 1. The average molecular weight is 327 g/mol. The van der Waals surface area contributed by atoms with Crippen LogP contribution >= 0.6 is 0 Å². The fraction of sp³-hybridized carbons (Fsp3) is 0.412. The number of carbonyl (C=O) groups excluding carboxylic acids is 2. The molecule has 2 aromatic rings. The number of pyridine rings is 1. The maximum Gasteiger partial charge on any atom is 0.245 e. The standard InChI is InChI=1S/C17H21N5O2/c1-2-4-16(23)21-10-14-9-19-12-22(14)15(11-21)17(24)20-8-13-5-3-6-18-7-13/h3,5-7,9,12,15H,2,4,8,10-11H2,1H3,(H,20,24)/t15-/m1/s1. The van der Waals surface area contributed by atoms with Crippen molar-refractivity contribution in [3.05, 3.63) is 48.3 Å². The number of nitrogens with zero attached hydrogens (tertiary/aromatic N) is 4. The number of imidazole rings is 1. The molecular weight excluding hydrogens is 306 g/mol. The highest BCUT2D eigenvalue weighted by atomic mass is 16.2. The summed E-state index contributed by atoms with van der Waals surface area (Å²) in [6, 6.07) is 3.29. The summed E-state index contributed by atoms with van der Waals surface area (Å²) in [6.07, 6.45) is 8.09. The predicted octanol–water partition coefficient (Wildman–Crippen LogP) is 1.28. The SMILES string of the molecule is CCCC(=O)N1Cc2cncn2[C@@H](C(=O)NCc2cccnc2)C1. The van der Waals surface area contributed by atoms with E-state index in [1.165, 1.54) is 0 Å². The minimum Gasteiger partial charge on any atom is -0.350 e. The molecule has 3 rings (SSSR count). The predicted molar refractivity (Wildman–Crippen MR) is 87.7 cm³/mol. The van der Waals surface area contributed by atoms with Gasteiger partial charge in [0.25, 0.3) is 0 Å². The average Bonchev–Trinajstić information content (AvgIpc) is 3.08. The summed E-state index contributed by atoms with van der Waals surface area (Å²) in [7, 11) is 0. The van der Waals surface area contributed by atoms with Crippen molar-refractivity contribution < 1.29 is 9.59 Å². The van der Waals surface area contributed by atoms with E-state index in [1.807, 2.05) is 23.6 Å². The van der Waals surface area contributed by atoms with E-state index in [9.17, 15) is 9.59 Å². The summed E-state index contributed by atoms with van der Waals surface area (Å²) >= 11 is 0. The largest absolute Gasteiger partial charge is 0.350 e. The molecule has 0 bridgehead atoms. The second-order valence-corrected chi connectivity index (χ2v) is 5.91. The van der Waals surface area contributed by atoms with E-state index in [-0.39, 0.29) is 11.8 Å². The number of amides is 2. The number of fused-ring (bicyclic) bond motifs is 1. The molecule has 7 heteroatoms. The van der Waals surface area contributed by atoms with Crippen molar-refractivity contribution in [1.82, 2.24) is 24.8 Å². The summed E-state index contributed by atoms with van der Waals surface area (Å²) in [6.45, 7) is 3.27. The molecular formula is C17H21N5O2. The smallest absolute Gasteiger partial charge is 0.245 e. The zero-order valence-corrected chi connectivity index (χ0v) is 13.7. The third-order valence-electron chi connectivity index (χ3n) is 4.14. The fourth-order valence-corrected chi connectivity index (χ4v) is 2.87. The Morgan fingerprint density at radius 2 is 2.21 bits per heavy atom. The van der Waals surface area contributed by atoms with Gasteiger partial charge in [0.2, 0.25) is 11.8 Å². The van der Waals surface area contributed by atoms with E-state index in [0.29, 0.717) is 26.1 Å². The third kappa shape index (κ3) is 3.45. The van der Waals surface area contributed by atoms with Crippen LogP contribution in [-0.4, -0.2) is 37.8 Å². The first-order valence-corrected chi connectivity index (χ1v) is 8.14. The molecule has 1 aliphatic rings. The molecule has 0 saturated heterocycles. The van der Waals surface area contributed by atoms with Gasteiger partial charge >= 0.3 is 0 Å². The molecule has 0 fully saturated rings. The van der Waals surface area contributed by atoms with Gasteiger partial charge in [-0.1, -0.05) is 13.0 Å². The fourth-order valence-electron chi connectivity index (χ4n) is 2.87. The van der Waals surface area contributed by atoms with Crippen molar-refractivity contribution in [1.29, 1.82) is 0 Å². The molecule has 24 heavy (non-hydrogen) atoms. The van der Waals surface area contributed by atoms with Gasteiger partial charge in [0.15, 0.2) is 0 Å². The molecule has 3 heterocycles. The Bertz CT molecular complexity index is 713. The zero-order chi connectivity index (χ0) is 16.9. The third-order valence-corrected chi connectivity index (χ3v) is 4.14. The van der Waals surface area contributed by atoms with Crippen LogP contribution in [0.4, 0.5) is 0 Å². The van der Waals surface area contributed by atoms with Crippen LogP contribution in [0.25, 0.3) is 0 Å². The minimum atomic E-state index is -0.450. The van der Waals surface area contributed by atoms with Gasteiger partial charge in [-0.15, -0.1) is 0 Å². The molecule has 2 amide bonds. The van der Waals surface area contributed by atoms with Crippen molar-refractivity contribution in [3.63, 3.8) is 0 Å². The highest BCUT2D eigenvalue weighted by Gasteiger charge is 2.31. The Hall–Kier alpha value is -2.70. The van der Waals surface area contributed by atoms with Crippen LogP contribution in [0.2, 0.25) is 0 Å². The summed E-state index contributed by atoms with van der Waals surface area (Å²) < 4.78 is 1.86. The molecule has 2 aromatic heterocycles. The van der Waals surface area contributed by atoms with Crippen LogP contribution in [0, 0.1) is 0 Å². The first-order chi connectivity index (χ1) is 11.7. The second kappa shape index (κ2) is 7.25. The molecule has 126 valence electrons. The molecule has 0 radical (unpaired) electrons. The van der Waals surface area contributed by atoms with Gasteiger partial charge in [-0.05, 0) is 18.1 Å². The van der Waals surface area contributed by atoms with E-state index in [1.54, 1.807) is 29.8 Å². The van der Waals surface area contributed by atoms with Crippen LogP contribution in [0.3, 0.4) is 0 Å². The number of rotatable bonds is 5. The lowest BCUT2D eigenvalue weighted by Gasteiger charge is -2.33. The summed E-state index contributed by atoms with van der Waals surface area (Å²) in [5, 5.41) is 2.93. The first kappa shape index (κ1) is 16.2. The van der Waals surface area contributed by atoms with E-state index in [2.05, 4.69) is 15.3 Å². The Kier molecular flexibility index (Phi) is 4.88. The van der Waals surface area contributed by atoms with Crippen molar-refractivity contribution in [2.75, 3.05) is 6.54 Å². The van der Waals surface area contributed by atoms with Crippen molar-refractivity contribution in [2.24, 2.45) is 0 Å². The molecule has 1 aliphatic heterocycles. The lowest BCUT2D eigenvalue weighted by Crippen LogP contribution is -2.46. The molecule has 1 atom stereocenters. The Morgan fingerprint density at radius 1 is 1.33 bits per heavy atom. The van der Waals surface area contributed by atoms with Gasteiger partial charge < -0.3 is 14.8 Å². The molecule has 0 saturated carbocycles. The quantitative estimate of drug-likeness (QED) is 0.897. The summed E-state index contributed by atoms with van der Waals surface area (Å²) in [5.74, 6) is -0.0397. The van der Waals surface area contributed by atoms with E-state index in [4.69, 9.17) is 0 Å². The van der Waals surface area contributed by atoms with Crippen molar-refractivity contribution in [3.8, 4) is 0 Å². The van der Waals surface area contributed by atoms with Gasteiger partial charge in [0, 0.05) is 31.6 Å². The van der Waals surface area contributed by atoms with Crippen LogP contribution in [0.5, 0.6) is 0 Å². The van der Waals surface area contributed by atoms with Gasteiger partial charge in [0.05, 0.1) is 25.1 Å². The van der Waals surface area contributed by atoms with Crippen LogP contribution in [-0.2, 0) is 22.7 Å². The van der Waals surface area contributed by atoms with E-state index >= 15 is 0 Å². The molecule has 0 aromatic carbocycles. The van der Waals surface area contributed by atoms with Gasteiger partial charge in [-0.25, -0.2) is 4.98 Å². The van der Waals surface area contributed by atoms with Crippen molar-refractivity contribution in [2.45, 2.75) is 38.9 Å². The maximum absolute atomic E-state index is 12.6. The maximum atomic E-state index is 12.6. The number of nitrogens with one attached hydrogen (secondary N) is 1. The normalized spacial score (nSPS) is 16.5. The summed E-state index contributed by atoms with van der Waals surface area (Å²) in [5.41, 5.74) is 1.82. The van der Waals surface area contributed by atoms with Gasteiger partial charge in [-0.3, -0.25) is 14.6 Å². The monoisotopic (exact) mass is 327 g/mol. The topological polar surface area (TPSA) is 80.1 Å². The summed E-state index contributed by atoms with van der Waals surface area (Å²) in [4.78, 5) is 34.8. The lowest BCUT2D eigenvalue weighted by molar-refractivity contribution is -0.135. The Balaban J connectivity index is 1.71. The number of aromatic nitrogens is 3. The molecule has 0 aliphatic carbocycles. The van der Waals surface area contributed by atoms with Crippen LogP contribution < -0.4 is 5.32 Å². The zero-order valence-electron chi connectivity index (χ0n) is 13.7.